The second kappa shape index (κ2) is 10.6. The van der Waals surface area contributed by atoms with Gasteiger partial charge in [-0.1, -0.05) is 38.5 Å². The maximum absolute atomic E-state index is 12.5. The number of hydrogen-bond acceptors (Lipinski definition) is 5. The number of carbonyl (C=O) groups excluding carboxylic acids is 2. The van der Waals surface area contributed by atoms with Crippen molar-refractivity contribution in [3.05, 3.63) is 42.1 Å². The van der Waals surface area contributed by atoms with E-state index in [-0.39, 0.29) is 6.61 Å². The highest BCUT2D eigenvalue weighted by molar-refractivity contribution is 5.85. The number of rotatable bonds is 10. The van der Waals surface area contributed by atoms with Crippen LogP contribution in [0, 0.1) is 5.92 Å². The summed E-state index contributed by atoms with van der Waals surface area (Å²) in [7, 11) is 1.53. The zero-order valence-corrected chi connectivity index (χ0v) is 16.0. The topological polar surface area (TPSA) is 85.9 Å². The van der Waals surface area contributed by atoms with E-state index in [0.29, 0.717) is 18.9 Å². The molecule has 0 aliphatic carbocycles. The molecule has 0 saturated carbocycles. The molecule has 1 fully saturated rings. The minimum absolute atomic E-state index is 0.143. The Morgan fingerprint density at radius 1 is 1.15 bits per heavy atom. The zero-order valence-electron chi connectivity index (χ0n) is 16.0. The third-order valence-corrected chi connectivity index (χ3v) is 4.31. The smallest absolute Gasteiger partial charge is 0.319 e. The molecule has 2 N–H and O–H groups in total. The molecule has 0 spiro atoms. The number of nitrogens with one attached hydrogen (secondary N) is 2. The van der Waals surface area contributed by atoms with Crippen LogP contribution in [-0.2, 0) is 14.3 Å². The first kappa shape index (κ1) is 20.8. The molecule has 2 amide bonds. The Morgan fingerprint density at radius 2 is 1.89 bits per heavy atom. The summed E-state index contributed by atoms with van der Waals surface area (Å²) in [6, 6.07) is 6.40. The van der Waals surface area contributed by atoms with Crippen molar-refractivity contribution in [3.63, 3.8) is 0 Å². The second-order valence-electron chi connectivity index (χ2n) is 6.36. The van der Waals surface area contributed by atoms with Crippen LogP contribution in [0.4, 0.5) is 4.79 Å². The van der Waals surface area contributed by atoms with E-state index in [1.54, 1.807) is 0 Å². The Bertz CT molecular complexity index is 644. The number of esters is 1. The van der Waals surface area contributed by atoms with Gasteiger partial charge in [-0.05, 0) is 24.1 Å². The van der Waals surface area contributed by atoms with Gasteiger partial charge >= 0.3 is 12.0 Å². The normalized spacial score (nSPS) is 19.2. The molecule has 0 radical (unpaired) electrons. The number of amides is 2. The van der Waals surface area contributed by atoms with Crippen molar-refractivity contribution in [2.75, 3.05) is 26.9 Å². The van der Waals surface area contributed by atoms with E-state index < -0.39 is 24.0 Å². The second-order valence-corrected chi connectivity index (χ2v) is 6.36. The maximum Gasteiger partial charge on any atom is 0.319 e. The van der Waals surface area contributed by atoms with E-state index in [2.05, 4.69) is 24.1 Å². The Kier molecular flexibility index (Phi) is 8.13. The SMILES string of the molecule is C=C1NC(=O)N[C@@H](c2ccc(OCCCCC)cc2)[C@@H]1C(=O)OCCOC. The minimum Gasteiger partial charge on any atom is -0.494 e. The molecule has 0 aromatic heterocycles. The van der Waals surface area contributed by atoms with Crippen molar-refractivity contribution in [1.82, 2.24) is 10.6 Å². The Hall–Kier alpha value is -2.54. The van der Waals surface area contributed by atoms with Crippen LogP contribution >= 0.6 is 0 Å². The van der Waals surface area contributed by atoms with Crippen LogP contribution < -0.4 is 15.4 Å². The molecular weight excluding hydrogens is 348 g/mol. The maximum atomic E-state index is 12.5. The van der Waals surface area contributed by atoms with Crippen LogP contribution in [-0.4, -0.2) is 38.9 Å². The largest absolute Gasteiger partial charge is 0.494 e. The number of hydrogen-bond donors (Lipinski definition) is 2. The van der Waals surface area contributed by atoms with Crippen LogP contribution in [0.25, 0.3) is 0 Å². The fraction of sp³-hybridized carbons (Fsp3) is 0.500. The summed E-state index contributed by atoms with van der Waals surface area (Å²) in [6.45, 7) is 7.08. The van der Waals surface area contributed by atoms with Crippen molar-refractivity contribution < 1.29 is 23.8 Å². The third kappa shape index (κ3) is 5.99. The molecule has 27 heavy (non-hydrogen) atoms. The molecule has 1 aliphatic rings. The van der Waals surface area contributed by atoms with Crippen LogP contribution in [0.5, 0.6) is 5.75 Å². The predicted octanol–water partition coefficient (Wildman–Crippen LogP) is 2.93. The predicted molar refractivity (Wildman–Crippen MR) is 101 cm³/mol. The van der Waals surface area contributed by atoms with Crippen molar-refractivity contribution in [2.45, 2.75) is 32.2 Å². The van der Waals surface area contributed by atoms with E-state index in [1.807, 2.05) is 24.3 Å². The van der Waals surface area contributed by atoms with Crippen LogP contribution in [0.1, 0.15) is 37.8 Å². The van der Waals surface area contributed by atoms with Gasteiger partial charge in [0.2, 0.25) is 0 Å². The van der Waals surface area contributed by atoms with Gasteiger partial charge < -0.3 is 24.8 Å². The first-order chi connectivity index (χ1) is 13.1. The fourth-order valence-corrected chi connectivity index (χ4v) is 2.87. The van der Waals surface area contributed by atoms with Crippen molar-refractivity contribution in [3.8, 4) is 5.75 Å². The molecule has 7 heteroatoms. The molecular formula is C20H28N2O5. The highest BCUT2D eigenvalue weighted by atomic mass is 16.6. The molecule has 1 aliphatic heterocycles. The van der Waals surface area contributed by atoms with E-state index in [9.17, 15) is 9.59 Å². The number of unbranched alkanes of at least 4 members (excludes halogenated alkanes) is 2. The molecule has 7 nitrogen and oxygen atoms in total. The summed E-state index contributed by atoms with van der Waals surface area (Å²) >= 11 is 0. The Morgan fingerprint density at radius 3 is 2.56 bits per heavy atom. The average Bonchev–Trinajstić information content (AvgIpc) is 2.65. The number of benzene rings is 1. The van der Waals surface area contributed by atoms with Crippen molar-refractivity contribution >= 4 is 12.0 Å². The van der Waals surface area contributed by atoms with E-state index in [4.69, 9.17) is 14.2 Å². The highest BCUT2D eigenvalue weighted by Crippen LogP contribution is 2.31. The van der Waals surface area contributed by atoms with Gasteiger partial charge in [0, 0.05) is 12.8 Å². The summed E-state index contributed by atoms with van der Waals surface area (Å²) in [6.07, 6.45) is 3.29. The monoisotopic (exact) mass is 376 g/mol. The Balaban J connectivity index is 2.08. The van der Waals surface area contributed by atoms with Gasteiger partial charge in [-0.2, -0.15) is 0 Å². The van der Waals surface area contributed by atoms with E-state index >= 15 is 0 Å². The van der Waals surface area contributed by atoms with Gasteiger partial charge in [-0.15, -0.1) is 0 Å². The number of ether oxygens (including phenoxy) is 3. The zero-order chi connectivity index (χ0) is 19.6. The summed E-state index contributed by atoms with van der Waals surface area (Å²) in [5.74, 6) is -0.432. The lowest BCUT2D eigenvalue weighted by atomic mass is 9.89. The van der Waals surface area contributed by atoms with Crippen LogP contribution in [0.3, 0.4) is 0 Å². The third-order valence-electron chi connectivity index (χ3n) is 4.31. The van der Waals surface area contributed by atoms with Gasteiger partial charge in [0.15, 0.2) is 0 Å². The van der Waals surface area contributed by atoms with Gasteiger partial charge in [0.25, 0.3) is 0 Å². The molecule has 1 heterocycles. The molecule has 0 bridgehead atoms. The Labute approximate surface area is 160 Å². The highest BCUT2D eigenvalue weighted by Gasteiger charge is 2.38. The van der Waals surface area contributed by atoms with E-state index in [0.717, 1.165) is 30.6 Å². The van der Waals surface area contributed by atoms with Gasteiger partial charge in [0.05, 0.1) is 19.3 Å². The lowest BCUT2D eigenvalue weighted by Crippen LogP contribution is -2.51. The average molecular weight is 376 g/mol. The van der Waals surface area contributed by atoms with Gasteiger partial charge in [-0.3, -0.25) is 4.79 Å². The standard InChI is InChI=1S/C20H28N2O5/c1-4-5-6-11-26-16-9-7-15(8-10-16)18-17(14(2)21-20(24)22-18)19(23)27-13-12-25-3/h7-10,17-18H,2,4-6,11-13H2,1,3H3,(H2,21,22,24)/t17-,18+/m1/s1. The minimum atomic E-state index is -0.726. The van der Waals surface area contributed by atoms with Crippen molar-refractivity contribution in [1.29, 1.82) is 0 Å². The summed E-state index contributed by atoms with van der Waals surface area (Å²) < 4.78 is 15.8. The molecule has 1 aromatic carbocycles. The van der Waals surface area contributed by atoms with Crippen LogP contribution in [0.15, 0.2) is 36.5 Å². The molecule has 2 atom stereocenters. The van der Waals surface area contributed by atoms with E-state index in [1.165, 1.54) is 7.11 Å². The first-order valence-electron chi connectivity index (χ1n) is 9.21. The quantitative estimate of drug-likeness (QED) is 0.484. The molecule has 148 valence electrons. The number of carbonyl (C=O) groups is 2. The summed E-state index contributed by atoms with van der Waals surface area (Å²) in [5.41, 5.74) is 1.09. The van der Waals surface area contributed by atoms with Gasteiger partial charge in [-0.25, -0.2) is 4.79 Å². The first-order valence-corrected chi connectivity index (χ1v) is 9.21. The van der Waals surface area contributed by atoms with Crippen molar-refractivity contribution in [2.24, 2.45) is 5.92 Å². The lowest BCUT2D eigenvalue weighted by molar-refractivity contribution is -0.149. The molecule has 1 aromatic rings. The van der Waals surface area contributed by atoms with Gasteiger partial charge in [0.1, 0.15) is 18.3 Å². The molecule has 0 unspecified atom stereocenters. The molecule has 2 rings (SSSR count). The lowest BCUT2D eigenvalue weighted by Gasteiger charge is -2.33. The number of urea groups is 1. The molecule has 1 saturated heterocycles. The number of methoxy groups -OCH3 is 1. The summed E-state index contributed by atoms with van der Waals surface area (Å²) in [5, 5.41) is 5.33. The summed E-state index contributed by atoms with van der Waals surface area (Å²) in [4.78, 5) is 24.4. The fourth-order valence-electron chi connectivity index (χ4n) is 2.87. The van der Waals surface area contributed by atoms with Crippen LogP contribution in [0.2, 0.25) is 0 Å².